The van der Waals surface area contributed by atoms with Gasteiger partial charge in [0.05, 0.1) is 12.2 Å². The molecule has 3 heterocycles. The first-order valence-electron chi connectivity index (χ1n) is 9.86. The molecule has 0 bridgehead atoms. The van der Waals surface area contributed by atoms with Crippen molar-refractivity contribution < 1.29 is 9.59 Å². The summed E-state index contributed by atoms with van der Waals surface area (Å²) in [4.78, 5) is 27.5. The number of anilines is 1. The van der Waals surface area contributed by atoms with Crippen molar-refractivity contribution in [2.24, 2.45) is 0 Å². The molecule has 2 amide bonds. The van der Waals surface area contributed by atoms with E-state index in [2.05, 4.69) is 15.5 Å². The van der Waals surface area contributed by atoms with Crippen LogP contribution in [0.1, 0.15) is 42.0 Å². The molecule has 0 unspecified atom stereocenters. The average molecular weight is 392 g/mol. The number of rotatable bonds is 5. The molecule has 1 aliphatic rings. The second kappa shape index (κ2) is 8.30. The Balaban J connectivity index is 1.50. The van der Waals surface area contributed by atoms with Crippen LogP contribution in [0, 0.1) is 0 Å². The topological polar surface area (TPSA) is 85.0 Å². The standard InChI is InChI=1S/C21H24N6O2/c1-2-19(27-12-6-10-22-27)21(29)25-11-7-13-26-17(15-25)14-18(24-26)20(28)23-16-8-4-3-5-9-16/h3-6,8-10,12,14,19H,2,7,11,13,15H2,1H3,(H,23,28)/t19-/m1/s1. The van der Waals surface area contributed by atoms with Crippen LogP contribution in [0.15, 0.2) is 54.9 Å². The van der Waals surface area contributed by atoms with Gasteiger partial charge in [-0.05, 0) is 37.1 Å². The highest BCUT2D eigenvalue weighted by molar-refractivity contribution is 6.02. The van der Waals surface area contributed by atoms with Crippen molar-refractivity contribution >= 4 is 17.5 Å². The van der Waals surface area contributed by atoms with Gasteiger partial charge >= 0.3 is 0 Å². The van der Waals surface area contributed by atoms with Gasteiger partial charge in [0.2, 0.25) is 5.91 Å². The Morgan fingerprint density at radius 3 is 2.72 bits per heavy atom. The number of carbonyl (C=O) groups is 2. The Morgan fingerprint density at radius 1 is 1.17 bits per heavy atom. The number of benzene rings is 1. The fraction of sp³-hybridized carbons (Fsp3) is 0.333. The summed E-state index contributed by atoms with van der Waals surface area (Å²) in [5.41, 5.74) is 1.95. The van der Waals surface area contributed by atoms with Crippen molar-refractivity contribution in [1.29, 1.82) is 0 Å². The summed E-state index contributed by atoms with van der Waals surface area (Å²) >= 11 is 0. The van der Waals surface area contributed by atoms with E-state index in [-0.39, 0.29) is 17.9 Å². The van der Waals surface area contributed by atoms with Gasteiger partial charge in [0.1, 0.15) is 6.04 Å². The first-order valence-corrected chi connectivity index (χ1v) is 9.86. The Bertz CT molecular complexity index is 980. The summed E-state index contributed by atoms with van der Waals surface area (Å²) < 4.78 is 3.55. The maximum absolute atomic E-state index is 13.1. The van der Waals surface area contributed by atoms with Gasteiger partial charge in [-0.25, -0.2) is 0 Å². The maximum Gasteiger partial charge on any atom is 0.276 e. The number of hydrogen-bond acceptors (Lipinski definition) is 4. The van der Waals surface area contributed by atoms with E-state index in [1.165, 1.54) is 0 Å². The number of amides is 2. The van der Waals surface area contributed by atoms with Crippen molar-refractivity contribution in [2.75, 3.05) is 11.9 Å². The summed E-state index contributed by atoms with van der Waals surface area (Å²) in [7, 11) is 0. The number of nitrogens with zero attached hydrogens (tertiary/aromatic N) is 5. The summed E-state index contributed by atoms with van der Waals surface area (Å²) in [6, 6.07) is 12.6. The number of carbonyl (C=O) groups excluding carboxylic acids is 2. The van der Waals surface area contributed by atoms with E-state index in [1.54, 1.807) is 16.9 Å². The summed E-state index contributed by atoms with van der Waals surface area (Å²) in [6.45, 7) is 3.75. The molecule has 29 heavy (non-hydrogen) atoms. The molecule has 1 atom stereocenters. The highest BCUT2D eigenvalue weighted by atomic mass is 16.2. The number of aryl methyl sites for hydroxylation is 1. The smallest absolute Gasteiger partial charge is 0.276 e. The molecular weight excluding hydrogens is 368 g/mol. The first kappa shape index (κ1) is 18.9. The molecule has 150 valence electrons. The molecule has 0 aliphatic carbocycles. The highest BCUT2D eigenvalue weighted by Gasteiger charge is 2.28. The van der Waals surface area contributed by atoms with Gasteiger partial charge in [-0.15, -0.1) is 0 Å². The third kappa shape index (κ3) is 4.06. The fourth-order valence-corrected chi connectivity index (χ4v) is 3.63. The maximum atomic E-state index is 13.1. The third-order valence-corrected chi connectivity index (χ3v) is 5.11. The highest BCUT2D eigenvalue weighted by Crippen LogP contribution is 2.20. The van der Waals surface area contributed by atoms with Crippen LogP contribution in [0.2, 0.25) is 0 Å². The molecule has 0 saturated carbocycles. The zero-order chi connectivity index (χ0) is 20.2. The fourth-order valence-electron chi connectivity index (χ4n) is 3.63. The van der Waals surface area contributed by atoms with E-state index in [1.807, 2.05) is 59.1 Å². The lowest BCUT2D eigenvalue weighted by atomic mass is 10.2. The summed E-state index contributed by atoms with van der Waals surface area (Å²) in [5.74, 6) is -0.209. The van der Waals surface area contributed by atoms with Gasteiger partial charge in [-0.1, -0.05) is 25.1 Å². The molecule has 0 spiro atoms. The molecule has 0 radical (unpaired) electrons. The molecule has 0 saturated heterocycles. The van der Waals surface area contributed by atoms with Crippen molar-refractivity contribution in [1.82, 2.24) is 24.5 Å². The van der Waals surface area contributed by atoms with Crippen LogP contribution < -0.4 is 5.32 Å². The average Bonchev–Trinajstić information content (AvgIpc) is 3.35. The second-order valence-electron chi connectivity index (χ2n) is 7.09. The molecular formula is C21H24N6O2. The molecule has 1 aromatic carbocycles. The van der Waals surface area contributed by atoms with Crippen LogP contribution in [-0.4, -0.2) is 42.8 Å². The summed E-state index contributed by atoms with van der Waals surface area (Å²) in [5, 5.41) is 11.6. The van der Waals surface area contributed by atoms with Gasteiger partial charge in [0.15, 0.2) is 5.69 Å². The van der Waals surface area contributed by atoms with E-state index < -0.39 is 0 Å². The van der Waals surface area contributed by atoms with E-state index >= 15 is 0 Å². The van der Waals surface area contributed by atoms with E-state index in [9.17, 15) is 9.59 Å². The predicted molar refractivity (Wildman–Crippen MR) is 108 cm³/mol. The van der Waals surface area contributed by atoms with Crippen molar-refractivity contribution in [2.45, 2.75) is 38.9 Å². The Labute approximate surface area is 169 Å². The lowest BCUT2D eigenvalue weighted by molar-refractivity contribution is -0.135. The normalized spacial score (nSPS) is 14.7. The van der Waals surface area contributed by atoms with Crippen molar-refractivity contribution in [3.05, 3.63) is 66.2 Å². The van der Waals surface area contributed by atoms with Crippen LogP contribution in [0.25, 0.3) is 0 Å². The van der Waals surface area contributed by atoms with Gasteiger partial charge in [0, 0.05) is 31.2 Å². The lowest BCUT2D eigenvalue weighted by Crippen LogP contribution is -2.37. The number of para-hydroxylation sites is 1. The molecule has 4 rings (SSSR count). The van der Waals surface area contributed by atoms with Gasteiger partial charge in [-0.2, -0.15) is 10.2 Å². The Hall–Kier alpha value is -3.42. The second-order valence-corrected chi connectivity index (χ2v) is 7.09. The number of nitrogens with one attached hydrogen (secondary N) is 1. The lowest BCUT2D eigenvalue weighted by Gasteiger charge is -2.25. The number of fused-ring (bicyclic) bond motifs is 1. The minimum atomic E-state index is -0.319. The molecule has 8 nitrogen and oxygen atoms in total. The molecule has 2 aromatic heterocycles. The van der Waals surface area contributed by atoms with Gasteiger partial charge in [0.25, 0.3) is 5.91 Å². The van der Waals surface area contributed by atoms with Crippen LogP contribution in [0.4, 0.5) is 5.69 Å². The zero-order valence-electron chi connectivity index (χ0n) is 16.4. The monoisotopic (exact) mass is 392 g/mol. The molecule has 0 fully saturated rings. The molecule has 8 heteroatoms. The van der Waals surface area contributed by atoms with Crippen LogP contribution in [0.3, 0.4) is 0 Å². The molecule has 1 aliphatic heterocycles. The third-order valence-electron chi connectivity index (χ3n) is 5.11. The Kier molecular flexibility index (Phi) is 5.41. The van der Waals surface area contributed by atoms with E-state index in [4.69, 9.17) is 0 Å². The van der Waals surface area contributed by atoms with Gasteiger partial charge in [-0.3, -0.25) is 19.0 Å². The largest absolute Gasteiger partial charge is 0.335 e. The van der Waals surface area contributed by atoms with E-state index in [0.717, 1.165) is 17.8 Å². The van der Waals surface area contributed by atoms with Crippen LogP contribution in [0.5, 0.6) is 0 Å². The predicted octanol–water partition coefficient (Wildman–Crippen LogP) is 2.72. The zero-order valence-corrected chi connectivity index (χ0v) is 16.4. The number of hydrogen-bond donors (Lipinski definition) is 1. The number of aromatic nitrogens is 4. The van der Waals surface area contributed by atoms with Crippen LogP contribution >= 0.6 is 0 Å². The van der Waals surface area contributed by atoms with Gasteiger partial charge < -0.3 is 10.2 Å². The van der Waals surface area contributed by atoms with E-state index in [0.29, 0.717) is 31.7 Å². The van der Waals surface area contributed by atoms with Crippen LogP contribution in [-0.2, 0) is 17.9 Å². The van der Waals surface area contributed by atoms with Crippen molar-refractivity contribution in [3.63, 3.8) is 0 Å². The quantitative estimate of drug-likeness (QED) is 0.723. The Morgan fingerprint density at radius 2 is 2.00 bits per heavy atom. The molecule has 3 aromatic rings. The summed E-state index contributed by atoms with van der Waals surface area (Å²) in [6.07, 6.45) is 4.96. The SMILES string of the molecule is CC[C@H](C(=O)N1CCCn2nc(C(=O)Nc3ccccc3)cc2C1)n1cccn1. The first-order chi connectivity index (χ1) is 14.2. The molecule has 1 N–H and O–H groups in total. The minimum absolute atomic E-state index is 0.0427. The minimum Gasteiger partial charge on any atom is -0.335 e. The van der Waals surface area contributed by atoms with Crippen molar-refractivity contribution in [3.8, 4) is 0 Å².